The second kappa shape index (κ2) is 5.16. The molecule has 0 saturated carbocycles. The lowest BCUT2D eigenvalue weighted by Gasteiger charge is -2.43. The fourth-order valence-corrected chi connectivity index (χ4v) is 2.65. The molecule has 2 amide bonds. The monoisotopic (exact) mass is 293 g/mol. The Bertz CT molecular complexity index is 555. The highest BCUT2D eigenvalue weighted by Gasteiger charge is 2.46. The van der Waals surface area contributed by atoms with Crippen molar-refractivity contribution in [1.82, 2.24) is 15.2 Å². The molecule has 1 unspecified atom stereocenters. The van der Waals surface area contributed by atoms with Crippen molar-refractivity contribution in [2.75, 3.05) is 0 Å². The third kappa shape index (κ3) is 2.80. The van der Waals surface area contributed by atoms with Gasteiger partial charge in [-0.2, -0.15) is 0 Å². The molecule has 1 aliphatic rings. The molecule has 1 atom stereocenters. The van der Waals surface area contributed by atoms with Crippen LogP contribution in [0.25, 0.3) is 0 Å². The van der Waals surface area contributed by atoms with Crippen molar-refractivity contribution in [3.8, 4) is 0 Å². The van der Waals surface area contributed by atoms with E-state index in [-0.39, 0.29) is 24.3 Å². The predicted molar refractivity (Wildman–Crippen MR) is 77.4 cm³/mol. The molecule has 1 aromatic heterocycles. The quantitative estimate of drug-likeness (QED) is 0.917. The minimum atomic E-state index is -0.904. The Balaban J connectivity index is 2.34. The van der Waals surface area contributed by atoms with Gasteiger partial charge in [0.05, 0.1) is 12.2 Å². The van der Waals surface area contributed by atoms with E-state index >= 15 is 0 Å². The molecular formula is C15H23N3O3. The highest BCUT2D eigenvalue weighted by Crippen LogP contribution is 2.25. The van der Waals surface area contributed by atoms with Gasteiger partial charge in [-0.3, -0.25) is 9.59 Å². The number of carbonyl (C=O) groups excluding carboxylic acids is 2. The van der Waals surface area contributed by atoms with E-state index in [4.69, 9.17) is 4.42 Å². The Morgan fingerprint density at radius 2 is 1.95 bits per heavy atom. The van der Waals surface area contributed by atoms with Gasteiger partial charge in [-0.1, -0.05) is 13.8 Å². The highest BCUT2D eigenvalue weighted by molar-refractivity contribution is 5.99. The number of carbonyl (C=O) groups is 2. The SMILES string of the molecule is Cc1nc(CN2C(=O)C(C)(C)NC(=O)C2C(C)C)oc1C. The third-order valence-electron chi connectivity index (χ3n) is 3.85. The van der Waals surface area contributed by atoms with Crippen molar-refractivity contribution < 1.29 is 14.0 Å². The fraction of sp³-hybridized carbons (Fsp3) is 0.667. The maximum Gasteiger partial charge on any atom is 0.248 e. The summed E-state index contributed by atoms with van der Waals surface area (Å²) in [6, 6.07) is -0.502. The zero-order valence-corrected chi connectivity index (χ0v) is 13.5. The number of hydrogen-bond donors (Lipinski definition) is 1. The Labute approximate surface area is 124 Å². The normalized spacial score (nSPS) is 21.9. The van der Waals surface area contributed by atoms with Gasteiger partial charge in [0.1, 0.15) is 17.3 Å². The summed E-state index contributed by atoms with van der Waals surface area (Å²) in [5, 5.41) is 2.79. The molecule has 6 nitrogen and oxygen atoms in total. The summed E-state index contributed by atoms with van der Waals surface area (Å²) < 4.78 is 5.56. The molecule has 0 spiro atoms. The van der Waals surface area contributed by atoms with Crippen molar-refractivity contribution in [3.05, 3.63) is 17.3 Å². The van der Waals surface area contributed by atoms with Crippen LogP contribution in [-0.2, 0) is 16.1 Å². The first-order valence-electron chi connectivity index (χ1n) is 7.19. The molecule has 2 heterocycles. The van der Waals surface area contributed by atoms with Gasteiger partial charge in [-0.05, 0) is 33.6 Å². The van der Waals surface area contributed by atoms with E-state index in [9.17, 15) is 9.59 Å². The molecule has 0 aromatic carbocycles. The van der Waals surface area contributed by atoms with Gasteiger partial charge in [0.2, 0.25) is 17.7 Å². The smallest absolute Gasteiger partial charge is 0.248 e. The lowest BCUT2D eigenvalue weighted by Crippen LogP contribution is -2.68. The topological polar surface area (TPSA) is 75.4 Å². The van der Waals surface area contributed by atoms with Gasteiger partial charge in [0, 0.05) is 0 Å². The summed E-state index contributed by atoms with van der Waals surface area (Å²) in [4.78, 5) is 30.8. The molecule has 2 rings (SSSR count). The number of hydrogen-bond acceptors (Lipinski definition) is 4. The summed E-state index contributed by atoms with van der Waals surface area (Å²) in [6.45, 7) is 11.2. The molecule has 116 valence electrons. The number of amides is 2. The fourth-order valence-electron chi connectivity index (χ4n) is 2.65. The minimum absolute atomic E-state index is 0.0159. The Morgan fingerprint density at radius 1 is 1.33 bits per heavy atom. The molecule has 0 bridgehead atoms. The highest BCUT2D eigenvalue weighted by atomic mass is 16.4. The van der Waals surface area contributed by atoms with Crippen LogP contribution < -0.4 is 5.32 Å². The van der Waals surface area contributed by atoms with Gasteiger partial charge in [-0.15, -0.1) is 0 Å². The van der Waals surface area contributed by atoms with Crippen LogP contribution >= 0.6 is 0 Å². The molecule has 0 radical (unpaired) electrons. The lowest BCUT2D eigenvalue weighted by atomic mass is 9.91. The summed E-state index contributed by atoms with van der Waals surface area (Å²) in [5.41, 5.74) is -0.0987. The molecule has 1 N–H and O–H groups in total. The maximum atomic E-state index is 12.6. The van der Waals surface area contributed by atoms with Crippen molar-refractivity contribution in [2.24, 2.45) is 5.92 Å². The maximum absolute atomic E-state index is 12.6. The Hall–Kier alpha value is -1.85. The molecule has 1 aromatic rings. The van der Waals surface area contributed by atoms with E-state index in [1.807, 2.05) is 27.7 Å². The second-order valence-electron chi connectivity index (χ2n) is 6.49. The van der Waals surface area contributed by atoms with Crippen LogP contribution in [0.1, 0.15) is 45.0 Å². The van der Waals surface area contributed by atoms with E-state index in [0.29, 0.717) is 5.89 Å². The zero-order chi connectivity index (χ0) is 15.9. The van der Waals surface area contributed by atoms with Crippen molar-refractivity contribution in [3.63, 3.8) is 0 Å². The molecular weight excluding hydrogens is 270 g/mol. The van der Waals surface area contributed by atoms with Gasteiger partial charge >= 0.3 is 0 Å². The van der Waals surface area contributed by atoms with Crippen molar-refractivity contribution in [1.29, 1.82) is 0 Å². The van der Waals surface area contributed by atoms with E-state index in [2.05, 4.69) is 10.3 Å². The number of aromatic nitrogens is 1. The summed E-state index contributed by atoms with van der Waals surface area (Å²) in [5.74, 6) is 0.972. The Morgan fingerprint density at radius 3 is 2.43 bits per heavy atom. The van der Waals surface area contributed by atoms with Gasteiger partial charge in [-0.25, -0.2) is 4.98 Å². The van der Waals surface area contributed by atoms with Crippen LogP contribution in [0, 0.1) is 19.8 Å². The van der Waals surface area contributed by atoms with Crippen LogP contribution in [0.3, 0.4) is 0 Å². The lowest BCUT2D eigenvalue weighted by molar-refractivity contribution is -0.156. The van der Waals surface area contributed by atoms with E-state index < -0.39 is 11.6 Å². The average Bonchev–Trinajstić information content (AvgIpc) is 2.64. The second-order valence-corrected chi connectivity index (χ2v) is 6.49. The number of aryl methyl sites for hydroxylation is 2. The first kappa shape index (κ1) is 15.5. The number of nitrogens with one attached hydrogen (secondary N) is 1. The van der Waals surface area contributed by atoms with Crippen LogP contribution in [-0.4, -0.2) is 33.3 Å². The Kier molecular flexibility index (Phi) is 3.82. The first-order valence-corrected chi connectivity index (χ1v) is 7.19. The number of piperazine rings is 1. The number of oxazole rings is 1. The molecule has 1 aliphatic heterocycles. The van der Waals surface area contributed by atoms with E-state index in [1.54, 1.807) is 18.7 Å². The zero-order valence-electron chi connectivity index (χ0n) is 13.5. The molecule has 21 heavy (non-hydrogen) atoms. The number of nitrogens with zero attached hydrogens (tertiary/aromatic N) is 2. The predicted octanol–water partition coefficient (Wildman–Crippen LogP) is 1.55. The van der Waals surface area contributed by atoms with Crippen LogP contribution in [0.5, 0.6) is 0 Å². The van der Waals surface area contributed by atoms with E-state index in [0.717, 1.165) is 11.5 Å². The van der Waals surface area contributed by atoms with Crippen molar-refractivity contribution >= 4 is 11.8 Å². The largest absolute Gasteiger partial charge is 0.444 e. The summed E-state index contributed by atoms with van der Waals surface area (Å²) >= 11 is 0. The van der Waals surface area contributed by atoms with E-state index in [1.165, 1.54) is 0 Å². The van der Waals surface area contributed by atoms with Crippen LogP contribution in [0.15, 0.2) is 4.42 Å². The van der Waals surface area contributed by atoms with Gasteiger partial charge < -0.3 is 14.6 Å². The average molecular weight is 293 g/mol. The molecule has 0 aliphatic carbocycles. The summed E-state index contributed by atoms with van der Waals surface area (Å²) in [6.07, 6.45) is 0. The molecule has 1 saturated heterocycles. The summed E-state index contributed by atoms with van der Waals surface area (Å²) in [7, 11) is 0. The minimum Gasteiger partial charge on any atom is -0.444 e. The van der Waals surface area contributed by atoms with Crippen molar-refractivity contribution in [2.45, 2.75) is 59.7 Å². The standard InChI is InChI=1S/C15H23N3O3/c1-8(2)12-13(19)17-15(5,6)14(20)18(12)7-11-16-9(3)10(4)21-11/h8,12H,7H2,1-6H3,(H,17,19). The van der Waals surface area contributed by atoms with Crippen LogP contribution in [0.2, 0.25) is 0 Å². The first-order chi connectivity index (χ1) is 9.63. The van der Waals surface area contributed by atoms with Gasteiger partial charge in [0.25, 0.3) is 0 Å². The molecule has 1 fully saturated rings. The number of rotatable bonds is 3. The van der Waals surface area contributed by atoms with Crippen LogP contribution in [0.4, 0.5) is 0 Å². The van der Waals surface area contributed by atoms with Gasteiger partial charge in [0.15, 0.2) is 0 Å². The molecule has 6 heteroatoms. The third-order valence-corrected chi connectivity index (χ3v) is 3.85.